The van der Waals surface area contributed by atoms with Crippen LogP contribution in [0.15, 0.2) is 24.3 Å². The van der Waals surface area contributed by atoms with Gasteiger partial charge in [0.2, 0.25) is 0 Å². The van der Waals surface area contributed by atoms with Gasteiger partial charge in [0.25, 0.3) is 0 Å². The van der Waals surface area contributed by atoms with Gasteiger partial charge in [0.05, 0.1) is 0 Å². The minimum Gasteiger partial charge on any atom is -0.462 e. The fourth-order valence-electron chi connectivity index (χ4n) is 3.01. The Labute approximate surface area is 196 Å². The Bertz CT molecular complexity index is 699. The molecule has 33 heavy (non-hydrogen) atoms. The van der Waals surface area contributed by atoms with E-state index in [4.69, 9.17) is 18.9 Å². The van der Waals surface area contributed by atoms with Crippen LogP contribution in [0.1, 0.15) is 60.3 Å². The lowest BCUT2D eigenvalue weighted by atomic mass is 9.79. The molecule has 0 heterocycles. The minimum atomic E-state index is -0.567. The molecule has 0 aromatic rings. The normalized spacial score (nSPS) is 11.7. The molecule has 0 bridgehead atoms. The average molecular weight is 470 g/mol. The quantitative estimate of drug-likeness (QED) is 0.157. The van der Waals surface area contributed by atoms with Gasteiger partial charge in [0.15, 0.2) is 0 Å². The summed E-state index contributed by atoms with van der Waals surface area (Å²) < 4.78 is 19.7. The first-order chi connectivity index (χ1) is 15.3. The molecule has 0 aliphatic rings. The molecule has 0 spiro atoms. The smallest absolute Gasteiger partial charge is 0.407 e. The van der Waals surface area contributed by atoms with Gasteiger partial charge < -0.3 is 24.3 Å². The molecule has 0 aliphatic carbocycles. The van der Waals surface area contributed by atoms with E-state index in [2.05, 4.69) is 32.3 Å². The summed E-state index contributed by atoms with van der Waals surface area (Å²) in [6.07, 6.45) is 2.04. The summed E-state index contributed by atoms with van der Waals surface area (Å²) in [6.45, 7) is 16.7. The standard InChI is InChI=1S/C24H39NO8/c1-17(2)21(27)31-12-11-30-20(26)9-8-10-24(6,7)15-19(5)16-25-23(29)33-14-13-32-22(28)18(3)4/h19H,1,3,8-16H2,2,4-7H3,(H,25,29). The Morgan fingerprint density at radius 2 is 1.33 bits per heavy atom. The molecule has 0 fully saturated rings. The lowest BCUT2D eigenvalue weighted by Gasteiger charge is -2.28. The van der Waals surface area contributed by atoms with Gasteiger partial charge in [-0.05, 0) is 44.4 Å². The van der Waals surface area contributed by atoms with Crippen LogP contribution in [0, 0.1) is 11.3 Å². The van der Waals surface area contributed by atoms with Gasteiger partial charge in [-0.1, -0.05) is 33.9 Å². The first-order valence-corrected chi connectivity index (χ1v) is 11.1. The van der Waals surface area contributed by atoms with Gasteiger partial charge in [-0.25, -0.2) is 14.4 Å². The van der Waals surface area contributed by atoms with E-state index >= 15 is 0 Å². The summed E-state index contributed by atoms with van der Waals surface area (Å²) in [7, 11) is 0. The van der Waals surface area contributed by atoms with Crippen molar-refractivity contribution >= 4 is 24.0 Å². The van der Waals surface area contributed by atoms with E-state index in [0.717, 1.165) is 12.8 Å². The molecule has 0 aliphatic heterocycles. The molecule has 0 aromatic carbocycles. The molecule has 9 heteroatoms. The lowest BCUT2D eigenvalue weighted by molar-refractivity contribution is -0.150. The number of hydrogen-bond acceptors (Lipinski definition) is 8. The summed E-state index contributed by atoms with van der Waals surface area (Å²) in [5, 5.41) is 2.70. The molecule has 1 amide bonds. The van der Waals surface area contributed by atoms with Crippen molar-refractivity contribution in [3.8, 4) is 0 Å². The van der Waals surface area contributed by atoms with E-state index in [-0.39, 0.29) is 55.7 Å². The molecule has 188 valence electrons. The SMILES string of the molecule is C=C(C)C(=O)OCCOC(=O)CCCC(C)(C)CC(C)CNC(=O)OCCOC(=O)C(=C)C. The van der Waals surface area contributed by atoms with Crippen molar-refractivity contribution < 1.29 is 38.1 Å². The van der Waals surface area contributed by atoms with Crippen molar-refractivity contribution in [2.24, 2.45) is 11.3 Å². The Morgan fingerprint density at radius 3 is 1.85 bits per heavy atom. The zero-order valence-corrected chi connectivity index (χ0v) is 20.6. The van der Waals surface area contributed by atoms with Crippen LogP contribution in [0.2, 0.25) is 0 Å². The molecule has 0 saturated carbocycles. The second-order valence-electron chi connectivity index (χ2n) is 8.90. The Morgan fingerprint density at radius 1 is 0.848 bits per heavy atom. The molecule has 0 radical (unpaired) electrons. The van der Waals surface area contributed by atoms with Crippen molar-refractivity contribution in [3.05, 3.63) is 24.3 Å². The van der Waals surface area contributed by atoms with Crippen molar-refractivity contribution in [2.75, 3.05) is 33.0 Å². The van der Waals surface area contributed by atoms with Crippen molar-refractivity contribution in [2.45, 2.75) is 60.3 Å². The number of rotatable bonds is 16. The Balaban J connectivity index is 3.96. The maximum atomic E-state index is 11.8. The number of hydrogen-bond donors (Lipinski definition) is 1. The van der Waals surface area contributed by atoms with Crippen LogP contribution in [0.4, 0.5) is 4.79 Å². The number of alkyl carbamates (subject to hydrolysis) is 1. The highest BCUT2D eigenvalue weighted by molar-refractivity contribution is 5.87. The van der Waals surface area contributed by atoms with Gasteiger partial charge >= 0.3 is 24.0 Å². The number of carbonyl (C=O) groups excluding carboxylic acids is 4. The van der Waals surface area contributed by atoms with Crippen LogP contribution in [-0.4, -0.2) is 57.0 Å². The van der Waals surface area contributed by atoms with Gasteiger partial charge in [-0.2, -0.15) is 0 Å². The zero-order chi connectivity index (χ0) is 25.4. The second-order valence-corrected chi connectivity index (χ2v) is 8.90. The number of amides is 1. The molecule has 9 nitrogen and oxygen atoms in total. The summed E-state index contributed by atoms with van der Waals surface area (Å²) in [5.41, 5.74) is 0.555. The Hall–Kier alpha value is -2.84. The van der Waals surface area contributed by atoms with Crippen LogP contribution in [0.3, 0.4) is 0 Å². The molecule has 0 saturated heterocycles. The third-order valence-electron chi connectivity index (χ3n) is 4.56. The minimum absolute atomic E-state index is 0.00944. The largest absolute Gasteiger partial charge is 0.462 e. The highest BCUT2D eigenvalue weighted by Crippen LogP contribution is 2.31. The molecule has 0 aromatic heterocycles. The van der Waals surface area contributed by atoms with Gasteiger partial charge in [-0.3, -0.25) is 4.79 Å². The predicted molar refractivity (Wildman–Crippen MR) is 123 cm³/mol. The number of nitrogens with one attached hydrogen (secondary N) is 1. The van der Waals surface area contributed by atoms with E-state index in [1.165, 1.54) is 6.92 Å². The van der Waals surface area contributed by atoms with Crippen LogP contribution in [0.5, 0.6) is 0 Å². The number of esters is 3. The lowest BCUT2D eigenvalue weighted by Crippen LogP contribution is -2.31. The first-order valence-electron chi connectivity index (χ1n) is 11.1. The van der Waals surface area contributed by atoms with Crippen molar-refractivity contribution in [1.29, 1.82) is 0 Å². The maximum Gasteiger partial charge on any atom is 0.407 e. The molecular weight excluding hydrogens is 430 g/mol. The molecule has 0 rings (SSSR count). The van der Waals surface area contributed by atoms with E-state index in [1.54, 1.807) is 6.92 Å². The zero-order valence-electron chi connectivity index (χ0n) is 20.6. The van der Waals surface area contributed by atoms with Crippen molar-refractivity contribution in [3.63, 3.8) is 0 Å². The highest BCUT2D eigenvalue weighted by atomic mass is 16.6. The van der Waals surface area contributed by atoms with Gasteiger partial charge in [0.1, 0.15) is 26.4 Å². The topological polar surface area (TPSA) is 117 Å². The highest BCUT2D eigenvalue weighted by Gasteiger charge is 2.22. The van der Waals surface area contributed by atoms with Crippen LogP contribution in [-0.2, 0) is 33.3 Å². The monoisotopic (exact) mass is 469 g/mol. The Kier molecular flexibility index (Phi) is 14.5. The molecular formula is C24H39NO8. The first kappa shape index (κ1) is 30.2. The third kappa shape index (κ3) is 16.5. The summed E-state index contributed by atoms with van der Waals surface area (Å²) in [5.74, 6) is -1.16. The molecule has 1 N–H and O–H groups in total. The van der Waals surface area contributed by atoms with E-state index in [0.29, 0.717) is 18.5 Å². The van der Waals surface area contributed by atoms with Crippen molar-refractivity contribution in [1.82, 2.24) is 5.32 Å². The van der Waals surface area contributed by atoms with Gasteiger partial charge in [0, 0.05) is 24.1 Å². The van der Waals surface area contributed by atoms with E-state index < -0.39 is 18.0 Å². The van der Waals surface area contributed by atoms with Crippen LogP contribution >= 0.6 is 0 Å². The molecule has 1 atom stereocenters. The van der Waals surface area contributed by atoms with Gasteiger partial charge in [-0.15, -0.1) is 0 Å². The maximum absolute atomic E-state index is 11.8. The predicted octanol–water partition coefficient (Wildman–Crippen LogP) is 3.72. The average Bonchev–Trinajstić information content (AvgIpc) is 2.71. The number of carbonyl (C=O) groups is 4. The summed E-state index contributed by atoms with van der Waals surface area (Å²) >= 11 is 0. The molecule has 1 unspecified atom stereocenters. The van der Waals surface area contributed by atoms with E-state index in [9.17, 15) is 19.2 Å². The fraction of sp³-hybridized carbons (Fsp3) is 0.667. The third-order valence-corrected chi connectivity index (χ3v) is 4.56. The fourth-order valence-corrected chi connectivity index (χ4v) is 3.01. The van der Waals surface area contributed by atoms with Crippen LogP contribution < -0.4 is 5.32 Å². The van der Waals surface area contributed by atoms with Crippen LogP contribution in [0.25, 0.3) is 0 Å². The van der Waals surface area contributed by atoms with E-state index in [1.807, 2.05) is 6.92 Å². The summed E-state index contributed by atoms with van der Waals surface area (Å²) in [4.78, 5) is 46.0. The number of ether oxygens (including phenoxy) is 4. The second kappa shape index (κ2) is 15.9. The summed E-state index contributed by atoms with van der Waals surface area (Å²) in [6, 6.07) is 0.